The molecule has 0 aliphatic rings. The summed E-state index contributed by atoms with van der Waals surface area (Å²) in [4.78, 5) is 28.6. The minimum atomic E-state index is -0.755. The van der Waals surface area contributed by atoms with Crippen LogP contribution in [-0.4, -0.2) is 30.7 Å². The van der Waals surface area contributed by atoms with Crippen molar-refractivity contribution >= 4 is 29.4 Å². The predicted molar refractivity (Wildman–Crippen MR) is 139 cm³/mol. The van der Waals surface area contributed by atoms with E-state index >= 15 is 0 Å². The second-order valence-corrected chi connectivity index (χ2v) is 10.1. The maximum absolute atomic E-state index is 13.4. The molecule has 0 aliphatic heterocycles. The van der Waals surface area contributed by atoms with Gasteiger partial charge in [0.2, 0.25) is 5.91 Å². The number of carbonyl (C=O) groups excluding carboxylic acids is 2. The Morgan fingerprint density at radius 3 is 2.00 bits per heavy atom. The number of carbonyl (C=O) groups is 2. The zero-order valence-electron chi connectivity index (χ0n) is 20.2. The number of hydrogen-bond donors (Lipinski definition) is 1. The second-order valence-electron chi connectivity index (χ2n) is 9.05. The first kappa shape index (κ1) is 25.4. The lowest BCUT2D eigenvalue weighted by Crippen LogP contribution is -2.50. The van der Waals surface area contributed by atoms with Crippen molar-refractivity contribution in [2.24, 2.45) is 0 Å². The van der Waals surface area contributed by atoms with Crippen LogP contribution in [0.1, 0.15) is 31.9 Å². The first-order valence-electron chi connectivity index (χ1n) is 11.3. The summed E-state index contributed by atoms with van der Waals surface area (Å²) in [7, 11) is 1.73. The Bertz CT molecular complexity index is 1060. The summed E-state index contributed by atoms with van der Waals surface area (Å²) in [5.41, 5.74) is 2.33. The lowest BCUT2D eigenvalue weighted by Gasteiger charge is -2.27. The number of nitrogens with one attached hydrogen (secondary N) is 1. The number of anilines is 1. The van der Waals surface area contributed by atoms with Gasteiger partial charge < -0.3 is 15.0 Å². The van der Waals surface area contributed by atoms with Gasteiger partial charge in [0, 0.05) is 29.8 Å². The second kappa shape index (κ2) is 11.7. The molecule has 2 amide bonds. The van der Waals surface area contributed by atoms with E-state index in [4.69, 9.17) is 4.74 Å². The Balaban J connectivity index is 1.69. The van der Waals surface area contributed by atoms with E-state index in [1.807, 2.05) is 72.8 Å². The first-order valence-corrected chi connectivity index (χ1v) is 12.3. The Labute approximate surface area is 206 Å². The minimum absolute atomic E-state index is 0.209. The van der Waals surface area contributed by atoms with Gasteiger partial charge in [-0.2, -0.15) is 0 Å². The maximum Gasteiger partial charge on any atom is 0.408 e. The predicted octanol–water partition coefficient (Wildman–Crippen LogP) is 6.08. The monoisotopic (exact) mass is 476 g/mol. The van der Waals surface area contributed by atoms with Crippen LogP contribution in [-0.2, 0) is 21.7 Å². The van der Waals surface area contributed by atoms with Crippen molar-refractivity contribution in [3.05, 3.63) is 96.1 Å². The van der Waals surface area contributed by atoms with Crippen molar-refractivity contribution in [2.75, 3.05) is 11.9 Å². The molecule has 0 aromatic heterocycles. The number of hydrogen-bond acceptors (Lipinski definition) is 4. The van der Waals surface area contributed by atoms with Gasteiger partial charge >= 0.3 is 6.09 Å². The molecule has 3 aromatic carbocycles. The summed E-state index contributed by atoms with van der Waals surface area (Å²) < 4.78 is 5.40. The third-order valence-electron chi connectivity index (χ3n) is 5.07. The molecule has 3 rings (SSSR count). The van der Waals surface area contributed by atoms with Gasteiger partial charge in [-0.1, -0.05) is 60.7 Å². The third-order valence-corrected chi connectivity index (χ3v) is 6.16. The lowest BCUT2D eigenvalue weighted by molar-refractivity contribution is -0.120. The molecule has 5 nitrogen and oxygen atoms in total. The number of rotatable bonds is 8. The largest absolute Gasteiger partial charge is 0.444 e. The van der Waals surface area contributed by atoms with Gasteiger partial charge in [0.15, 0.2) is 0 Å². The van der Waals surface area contributed by atoms with E-state index in [1.165, 1.54) is 5.56 Å². The van der Waals surface area contributed by atoms with Crippen LogP contribution in [0.15, 0.2) is 89.8 Å². The summed E-state index contributed by atoms with van der Waals surface area (Å²) in [5, 5.41) is 2.77. The highest BCUT2D eigenvalue weighted by atomic mass is 32.2. The molecule has 34 heavy (non-hydrogen) atoms. The fraction of sp³-hybridized carbons (Fsp3) is 0.286. The molecule has 3 aromatic rings. The number of alkyl carbamates (subject to hydrolysis) is 1. The molecule has 178 valence electrons. The number of likely N-dealkylation sites (N-methyl/N-ethyl adjacent to an activating group) is 1. The van der Waals surface area contributed by atoms with Gasteiger partial charge in [-0.25, -0.2) is 4.79 Å². The molecule has 0 saturated carbocycles. The van der Waals surface area contributed by atoms with Crippen molar-refractivity contribution in [1.29, 1.82) is 0 Å². The standard InChI is InChI=1S/C28H32N2O3S/c1-28(2,3)33-27(32)29-25(19-21-11-7-5-8-12-21)26(31)30(4)23-15-17-24(18-16-23)34-20-22-13-9-6-10-14-22/h5-18,25H,19-20H2,1-4H3,(H,29,32). The van der Waals surface area contributed by atoms with Crippen LogP contribution in [0.5, 0.6) is 0 Å². The van der Waals surface area contributed by atoms with Crippen molar-refractivity contribution in [3.63, 3.8) is 0 Å². The molecule has 6 heteroatoms. The summed E-state index contributed by atoms with van der Waals surface area (Å²) in [6, 6.07) is 27.1. The van der Waals surface area contributed by atoms with Crippen LogP contribution in [0.3, 0.4) is 0 Å². The number of ether oxygens (including phenoxy) is 1. The van der Waals surface area contributed by atoms with E-state index in [0.717, 1.165) is 21.9 Å². The minimum Gasteiger partial charge on any atom is -0.444 e. The number of benzene rings is 3. The van der Waals surface area contributed by atoms with Crippen LogP contribution >= 0.6 is 11.8 Å². The van der Waals surface area contributed by atoms with Gasteiger partial charge in [-0.15, -0.1) is 11.8 Å². The van der Waals surface area contributed by atoms with Crippen LogP contribution in [0.25, 0.3) is 0 Å². The molecule has 0 aliphatic carbocycles. The number of amides is 2. The number of nitrogens with zero attached hydrogens (tertiary/aromatic N) is 1. The molecular weight excluding hydrogens is 444 g/mol. The molecule has 0 saturated heterocycles. The lowest BCUT2D eigenvalue weighted by atomic mass is 10.0. The van der Waals surface area contributed by atoms with E-state index in [0.29, 0.717) is 6.42 Å². The van der Waals surface area contributed by atoms with Crippen LogP contribution in [0, 0.1) is 0 Å². The molecular formula is C28H32N2O3S. The van der Waals surface area contributed by atoms with Gasteiger partial charge in [0.1, 0.15) is 11.6 Å². The first-order chi connectivity index (χ1) is 16.2. The zero-order valence-corrected chi connectivity index (χ0v) is 21.0. The highest BCUT2D eigenvalue weighted by Gasteiger charge is 2.27. The van der Waals surface area contributed by atoms with Crippen LogP contribution in [0.4, 0.5) is 10.5 Å². The van der Waals surface area contributed by atoms with E-state index in [-0.39, 0.29) is 5.91 Å². The Morgan fingerprint density at radius 2 is 1.44 bits per heavy atom. The average Bonchev–Trinajstić information content (AvgIpc) is 2.82. The topological polar surface area (TPSA) is 58.6 Å². The number of thioether (sulfide) groups is 1. The smallest absolute Gasteiger partial charge is 0.408 e. The van der Waals surface area contributed by atoms with Gasteiger partial charge in [0.25, 0.3) is 0 Å². The molecule has 1 unspecified atom stereocenters. The summed E-state index contributed by atoms with van der Waals surface area (Å²) in [5.74, 6) is 0.674. The fourth-order valence-electron chi connectivity index (χ4n) is 3.37. The zero-order chi connectivity index (χ0) is 24.6. The van der Waals surface area contributed by atoms with Gasteiger partial charge in [-0.05, 0) is 56.2 Å². The molecule has 0 heterocycles. The van der Waals surface area contributed by atoms with Crippen molar-refractivity contribution in [3.8, 4) is 0 Å². The van der Waals surface area contributed by atoms with E-state index in [9.17, 15) is 9.59 Å². The molecule has 0 spiro atoms. The summed E-state index contributed by atoms with van der Waals surface area (Å²) in [6.07, 6.45) is -0.239. The molecule has 0 bridgehead atoms. The highest BCUT2D eigenvalue weighted by Crippen LogP contribution is 2.25. The molecule has 1 N–H and O–H groups in total. The summed E-state index contributed by atoms with van der Waals surface area (Å²) in [6.45, 7) is 5.39. The summed E-state index contributed by atoms with van der Waals surface area (Å²) >= 11 is 1.75. The van der Waals surface area contributed by atoms with E-state index in [1.54, 1.807) is 44.5 Å². The maximum atomic E-state index is 13.4. The third kappa shape index (κ3) is 7.96. The quantitative estimate of drug-likeness (QED) is 0.401. The van der Waals surface area contributed by atoms with E-state index in [2.05, 4.69) is 17.4 Å². The van der Waals surface area contributed by atoms with Crippen molar-refractivity contribution < 1.29 is 14.3 Å². The van der Waals surface area contributed by atoms with Crippen LogP contribution < -0.4 is 10.2 Å². The Hall–Kier alpha value is -3.25. The Morgan fingerprint density at radius 1 is 0.882 bits per heavy atom. The highest BCUT2D eigenvalue weighted by molar-refractivity contribution is 7.98. The molecule has 0 radical (unpaired) electrons. The SMILES string of the molecule is CN(C(=O)C(Cc1ccccc1)NC(=O)OC(C)(C)C)c1ccc(SCc2ccccc2)cc1. The van der Waals surface area contributed by atoms with Crippen molar-refractivity contribution in [1.82, 2.24) is 5.32 Å². The van der Waals surface area contributed by atoms with Gasteiger partial charge in [0.05, 0.1) is 0 Å². The molecule has 1 atom stereocenters. The Kier molecular flexibility index (Phi) is 8.77. The average molecular weight is 477 g/mol. The van der Waals surface area contributed by atoms with Gasteiger partial charge in [-0.3, -0.25) is 4.79 Å². The normalized spacial score (nSPS) is 12.0. The van der Waals surface area contributed by atoms with E-state index < -0.39 is 17.7 Å². The fourth-order valence-corrected chi connectivity index (χ4v) is 4.22. The molecule has 0 fully saturated rings. The van der Waals surface area contributed by atoms with Crippen molar-refractivity contribution in [2.45, 2.75) is 49.5 Å². The van der Waals surface area contributed by atoms with Crippen LogP contribution in [0.2, 0.25) is 0 Å².